The Morgan fingerprint density at radius 3 is 2.79 bits per heavy atom. The molecule has 0 saturated carbocycles. The SMILES string of the molecule is O=C1Nc2ccccc2/C1=C1\OCc2cc(CCCN3CCOCC3)ccc21. The minimum absolute atomic E-state index is 0.0846. The molecule has 5 heteroatoms. The molecule has 0 atom stereocenters. The van der Waals surface area contributed by atoms with Crippen molar-refractivity contribution in [2.45, 2.75) is 19.4 Å². The summed E-state index contributed by atoms with van der Waals surface area (Å²) in [4.78, 5) is 15.0. The van der Waals surface area contributed by atoms with Crippen LogP contribution in [0, 0.1) is 0 Å². The number of nitrogens with zero attached hydrogens (tertiary/aromatic N) is 1. The minimum atomic E-state index is -0.0846. The molecule has 0 aromatic heterocycles. The average molecular weight is 376 g/mol. The fourth-order valence-electron chi connectivity index (χ4n) is 4.25. The molecule has 0 radical (unpaired) electrons. The van der Waals surface area contributed by atoms with Gasteiger partial charge in [0.2, 0.25) is 0 Å². The topological polar surface area (TPSA) is 50.8 Å². The maximum atomic E-state index is 12.5. The summed E-state index contributed by atoms with van der Waals surface area (Å²) in [6, 6.07) is 14.3. The lowest BCUT2D eigenvalue weighted by Crippen LogP contribution is -2.36. The van der Waals surface area contributed by atoms with E-state index < -0.39 is 0 Å². The zero-order valence-corrected chi connectivity index (χ0v) is 15.9. The van der Waals surface area contributed by atoms with Gasteiger partial charge in [0.15, 0.2) is 0 Å². The number of hydrogen-bond donors (Lipinski definition) is 1. The van der Waals surface area contributed by atoms with Crippen LogP contribution in [0.15, 0.2) is 42.5 Å². The van der Waals surface area contributed by atoms with Crippen LogP contribution in [-0.2, 0) is 27.3 Å². The summed E-state index contributed by atoms with van der Waals surface area (Å²) in [6.07, 6.45) is 2.20. The molecule has 0 aliphatic carbocycles. The van der Waals surface area contributed by atoms with Crippen LogP contribution in [0.1, 0.15) is 28.7 Å². The number of morpholine rings is 1. The van der Waals surface area contributed by atoms with Crippen molar-refractivity contribution < 1.29 is 14.3 Å². The number of fused-ring (bicyclic) bond motifs is 2. The van der Waals surface area contributed by atoms with Crippen molar-refractivity contribution in [3.05, 3.63) is 64.7 Å². The molecule has 1 saturated heterocycles. The van der Waals surface area contributed by atoms with E-state index in [4.69, 9.17) is 9.47 Å². The van der Waals surface area contributed by atoms with Gasteiger partial charge in [-0.05, 0) is 31.0 Å². The average Bonchev–Trinajstić information content (AvgIpc) is 3.28. The van der Waals surface area contributed by atoms with Gasteiger partial charge in [0.25, 0.3) is 5.91 Å². The third kappa shape index (κ3) is 3.21. The third-order valence-corrected chi connectivity index (χ3v) is 5.73. The monoisotopic (exact) mass is 376 g/mol. The lowest BCUT2D eigenvalue weighted by molar-refractivity contribution is -0.110. The van der Waals surface area contributed by atoms with E-state index in [0.29, 0.717) is 17.9 Å². The first kappa shape index (κ1) is 17.5. The van der Waals surface area contributed by atoms with Gasteiger partial charge in [-0.2, -0.15) is 0 Å². The van der Waals surface area contributed by atoms with Crippen molar-refractivity contribution in [3.8, 4) is 0 Å². The van der Waals surface area contributed by atoms with Gasteiger partial charge >= 0.3 is 0 Å². The molecule has 1 fully saturated rings. The molecule has 0 spiro atoms. The molecule has 5 rings (SSSR count). The van der Waals surface area contributed by atoms with Gasteiger partial charge in [0, 0.05) is 35.5 Å². The fourth-order valence-corrected chi connectivity index (χ4v) is 4.25. The van der Waals surface area contributed by atoms with E-state index in [1.165, 1.54) is 11.1 Å². The minimum Gasteiger partial charge on any atom is -0.487 e. The van der Waals surface area contributed by atoms with E-state index in [2.05, 4.69) is 28.4 Å². The predicted molar refractivity (Wildman–Crippen MR) is 109 cm³/mol. The molecule has 5 nitrogen and oxygen atoms in total. The van der Waals surface area contributed by atoms with Crippen LogP contribution in [0.25, 0.3) is 11.3 Å². The number of para-hydroxylation sites is 1. The highest BCUT2D eigenvalue weighted by molar-refractivity contribution is 6.36. The van der Waals surface area contributed by atoms with Crippen LogP contribution >= 0.6 is 0 Å². The Morgan fingerprint density at radius 1 is 1.04 bits per heavy atom. The normalized spacial score (nSPS) is 21.2. The number of rotatable bonds is 4. The Balaban J connectivity index is 1.34. The highest BCUT2D eigenvalue weighted by Gasteiger charge is 2.32. The van der Waals surface area contributed by atoms with E-state index in [1.54, 1.807) is 0 Å². The van der Waals surface area contributed by atoms with Gasteiger partial charge < -0.3 is 14.8 Å². The lowest BCUT2D eigenvalue weighted by Gasteiger charge is -2.26. The van der Waals surface area contributed by atoms with Crippen molar-refractivity contribution in [2.75, 3.05) is 38.2 Å². The standard InChI is InChI=1S/C23H24N2O3/c26-23-21(19-5-1-2-6-20(19)24-23)22-18-8-7-16(14-17(18)15-28-22)4-3-9-25-10-12-27-13-11-25/h1-2,5-8,14H,3-4,9-13,15H2,(H,24,26)/b22-21+. The van der Waals surface area contributed by atoms with E-state index in [9.17, 15) is 4.79 Å². The number of amides is 1. The molecule has 2 aromatic rings. The number of nitrogens with one attached hydrogen (secondary N) is 1. The van der Waals surface area contributed by atoms with E-state index >= 15 is 0 Å². The molecule has 144 valence electrons. The zero-order chi connectivity index (χ0) is 18.9. The second kappa shape index (κ2) is 7.41. The molecule has 3 aliphatic rings. The van der Waals surface area contributed by atoms with Crippen LogP contribution in [0.3, 0.4) is 0 Å². The fraction of sp³-hybridized carbons (Fsp3) is 0.348. The molecule has 3 aliphatic heterocycles. The molecular formula is C23H24N2O3. The molecule has 1 amide bonds. The Kier molecular flexibility index (Phi) is 4.63. The van der Waals surface area contributed by atoms with Gasteiger partial charge in [0.1, 0.15) is 12.4 Å². The lowest BCUT2D eigenvalue weighted by atomic mass is 9.98. The number of hydrogen-bond acceptors (Lipinski definition) is 4. The summed E-state index contributed by atoms with van der Waals surface area (Å²) in [6.45, 7) is 5.43. The maximum Gasteiger partial charge on any atom is 0.260 e. The Bertz CT molecular complexity index is 945. The van der Waals surface area contributed by atoms with Gasteiger partial charge in [-0.25, -0.2) is 0 Å². The Morgan fingerprint density at radius 2 is 1.89 bits per heavy atom. The summed E-state index contributed by atoms with van der Waals surface area (Å²) < 4.78 is 11.4. The van der Waals surface area contributed by atoms with Crippen molar-refractivity contribution >= 4 is 22.9 Å². The summed E-state index contributed by atoms with van der Waals surface area (Å²) >= 11 is 0. The summed E-state index contributed by atoms with van der Waals surface area (Å²) in [7, 11) is 0. The molecular weight excluding hydrogens is 352 g/mol. The quantitative estimate of drug-likeness (QED) is 0.832. The maximum absolute atomic E-state index is 12.5. The first-order valence-corrected chi connectivity index (χ1v) is 10.00. The highest BCUT2D eigenvalue weighted by atomic mass is 16.5. The number of carbonyl (C=O) groups excluding carboxylic acids is 1. The first-order chi connectivity index (χ1) is 13.8. The molecule has 2 aromatic carbocycles. The van der Waals surface area contributed by atoms with Crippen LogP contribution in [0.2, 0.25) is 0 Å². The van der Waals surface area contributed by atoms with Crippen LogP contribution in [0.5, 0.6) is 0 Å². The summed E-state index contributed by atoms with van der Waals surface area (Å²) in [5.74, 6) is 0.621. The van der Waals surface area contributed by atoms with Gasteiger partial charge in [-0.3, -0.25) is 9.69 Å². The number of anilines is 1. The number of ether oxygens (including phenoxy) is 2. The van der Waals surface area contributed by atoms with E-state index in [-0.39, 0.29) is 5.91 Å². The summed E-state index contributed by atoms with van der Waals surface area (Å²) in [5, 5.41) is 2.94. The number of aryl methyl sites for hydroxylation is 1. The van der Waals surface area contributed by atoms with Gasteiger partial charge in [0.05, 0.1) is 18.8 Å². The smallest absolute Gasteiger partial charge is 0.260 e. The van der Waals surface area contributed by atoms with Crippen molar-refractivity contribution in [3.63, 3.8) is 0 Å². The second-order valence-corrected chi connectivity index (χ2v) is 7.54. The largest absolute Gasteiger partial charge is 0.487 e. The molecule has 1 N–H and O–H groups in total. The first-order valence-electron chi connectivity index (χ1n) is 10.00. The van der Waals surface area contributed by atoms with Crippen molar-refractivity contribution in [1.82, 2.24) is 4.90 Å². The zero-order valence-electron chi connectivity index (χ0n) is 15.9. The number of carbonyl (C=O) groups is 1. The van der Waals surface area contributed by atoms with Crippen LogP contribution < -0.4 is 5.32 Å². The highest BCUT2D eigenvalue weighted by Crippen LogP contribution is 2.41. The number of benzene rings is 2. The molecule has 0 unspecified atom stereocenters. The predicted octanol–water partition coefficient (Wildman–Crippen LogP) is 3.30. The van der Waals surface area contributed by atoms with Crippen LogP contribution in [-0.4, -0.2) is 43.7 Å². The summed E-state index contributed by atoms with van der Waals surface area (Å²) in [5.41, 5.74) is 5.96. The Hall–Kier alpha value is -2.63. The molecule has 3 heterocycles. The Labute approximate surface area is 164 Å². The van der Waals surface area contributed by atoms with Gasteiger partial charge in [-0.1, -0.05) is 36.4 Å². The van der Waals surface area contributed by atoms with E-state index in [0.717, 1.165) is 62.5 Å². The van der Waals surface area contributed by atoms with E-state index in [1.807, 2.05) is 24.3 Å². The van der Waals surface area contributed by atoms with Crippen molar-refractivity contribution in [2.24, 2.45) is 0 Å². The second-order valence-electron chi connectivity index (χ2n) is 7.54. The molecule has 0 bridgehead atoms. The van der Waals surface area contributed by atoms with Crippen LogP contribution in [0.4, 0.5) is 5.69 Å². The van der Waals surface area contributed by atoms with Crippen molar-refractivity contribution in [1.29, 1.82) is 0 Å². The molecule has 28 heavy (non-hydrogen) atoms. The third-order valence-electron chi connectivity index (χ3n) is 5.73. The van der Waals surface area contributed by atoms with Gasteiger partial charge in [-0.15, -0.1) is 0 Å².